The molecule has 0 spiro atoms. The zero-order valence-corrected chi connectivity index (χ0v) is 12.2. The van der Waals surface area contributed by atoms with E-state index in [-0.39, 0.29) is 29.9 Å². The molecule has 0 aromatic carbocycles. The van der Waals surface area contributed by atoms with E-state index in [9.17, 15) is 4.79 Å². The second-order valence-electron chi connectivity index (χ2n) is 3.92. The van der Waals surface area contributed by atoms with Crippen LogP contribution in [0.1, 0.15) is 23.4 Å². The highest BCUT2D eigenvalue weighted by Gasteiger charge is 2.21. The molecule has 18 heavy (non-hydrogen) atoms. The summed E-state index contributed by atoms with van der Waals surface area (Å²) in [5.74, 6) is 0.511. The summed E-state index contributed by atoms with van der Waals surface area (Å²) >= 11 is 0. The number of nitrogens with one attached hydrogen (secondary N) is 2. The molecular weight excluding hydrogens is 347 g/mol. The van der Waals surface area contributed by atoms with Crippen molar-refractivity contribution in [2.75, 3.05) is 13.1 Å². The lowest BCUT2D eigenvalue weighted by molar-refractivity contribution is 0.0927. The predicted molar refractivity (Wildman–Crippen MR) is 79.1 cm³/mol. The first kappa shape index (κ1) is 14.8. The Balaban J connectivity index is 0.00000162. The van der Waals surface area contributed by atoms with E-state index in [0.29, 0.717) is 30.9 Å². The summed E-state index contributed by atoms with van der Waals surface area (Å²) in [6.07, 6.45) is 3.78. The van der Waals surface area contributed by atoms with Gasteiger partial charge in [-0.2, -0.15) is 0 Å². The lowest BCUT2D eigenvalue weighted by Crippen LogP contribution is -2.34. The fraction of sp³-hybridized carbons (Fsp3) is 0.455. The van der Waals surface area contributed by atoms with Crippen LogP contribution in [0.15, 0.2) is 27.8 Å². The van der Waals surface area contributed by atoms with Crippen molar-refractivity contribution in [2.45, 2.75) is 18.9 Å². The first-order valence-electron chi connectivity index (χ1n) is 5.64. The molecule has 7 heteroatoms. The molecule has 0 unspecified atom stereocenters. The Morgan fingerprint density at radius 2 is 2.33 bits per heavy atom. The Kier molecular flexibility index (Phi) is 5.96. The minimum absolute atomic E-state index is 0. The molecule has 2 rings (SSSR count). The predicted octanol–water partition coefficient (Wildman–Crippen LogP) is 0.694. The van der Waals surface area contributed by atoms with Crippen molar-refractivity contribution >= 4 is 35.8 Å². The third kappa shape index (κ3) is 4.94. The summed E-state index contributed by atoms with van der Waals surface area (Å²) in [5.41, 5.74) is 5.63. The monoisotopic (exact) mass is 364 g/mol. The highest BCUT2D eigenvalue weighted by atomic mass is 127. The van der Waals surface area contributed by atoms with Crippen LogP contribution < -0.4 is 16.4 Å². The van der Waals surface area contributed by atoms with Crippen LogP contribution in [0.4, 0.5) is 0 Å². The number of furan rings is 1. The van der Waals surface area contributed by atoms with Crippen LogP contribution in [0.5, 0.6) is 0 Å². The number of rotatable bonds is 5. The quantitative estimate of drug-likeness (QED) is 0.310. The third-order valence-electron chi connectivity index (χ3n) is 2.35. The molecule has 0 atom stereocenters. The number of aliphatic imine (C=N–C) groups is 1. The molecule has 1 aliphatic rings. The van der Waals surface area contributed by atoms with Crippen LogP contribution >= 0.6 is 24.0 Å². The number of nitrogens with two attached hydrogens (primary N) is 1. The number of nitrogens with zero attached hydrogens (tertiary/aromatic N) is 1. The van der Waals surface area contributed by atoms with Gasteiger partial charge in [-0.05, 0) is 25.0 Å². The second-order valence-corrected chi connectivity index (χ2v) is 3.92. The molecule has 1 aromatic heterocycles. The largest absolute Gasteiger partial charge is 0.459 e. The Bertz CT molecular complexity index is 401. The Hall–Kier alpha value is -1.25. The van der Waals surface area contributed by atoms with Gasteiger partial charge in [0.25, 0.3) is 5.91 Å². The summed E-state index contributed by atoms with van der Waals surface area (Å²) in [4.78, 5) is 15.5. The van der Waals surface area contributed by atoms with E-state index < -0.39 is 0 Å². The van der Waals surface area contributed by atoms with Crippen LogP contribution in [0.3, 0.4) is 0 Å². The van der Waals surface area contributed by atoms with E-state index in [1.807, 2.05) is 0 Å². The second kappa shape index (κ2) is 7.24. The molecule has 1 heterocycles. The number of halogens is 1. The van der Waals surface area contributed by atoms with Crippen molar-refractivity contribution in [1.82, 2.24) is 10.6 Å². The maximum atomic E-state index is 11.4. The van der Waals surface area contributed by atoms with Gasteiger partial charge in [0, 0.05) is 12.6 Å². The SMILES string of the molecule is I.NC(=NCCNC(=O)c1ccco1)NC1CC1. The van der Waals surface area contributed by atoms with Gasteiger partial charge in [-0.25, -0.2) is 0 Å². The summed E-state index contributed by atoms with van der Waals surface area (Å²) in [6, 6.07) is 3.78. The fourth-order valence-corrected chi connectivity index (χ4v) is 1.32. The Morgan fingerprint density at radius 3 is 2.94 bits per heavy atom. The number of hydrogen-bond acceptors (Lipinski definition) is 3. The molecule has 0 aliphatic heterocycles. The molecule has 1 aliphatic carbocycles. The topological polar surface area (TPSA) is 92.6 Å². The highest BCUT2D eigenvalue weighted by Crippen LogP contribution is 2.17. The molecule has 1 fully saturated rings. The van der Waals surface area contributed by atoms with Crippen LogP contribution in [0.25, 0.3) is 0 Å². The van der Waals surface area contributed by atoms with E-state index in [4.69, 9.17) is 10.2 Å². The third-order valence-corrected chi connectivity index (χ3v) is 2.35. The first-order valence-corrected chi connectivity index (χ1v) is 5.64. The zero-order chi connectivity index (χ0) is 12.1. The van der Waals surface area contributed by atoms with Crippen molar-refractivity contribution in [3.8, 4) is 0 Å². The normalized spacial score (nSPS) is 14.8. The molecule has 0 radical (unpaired) electrons. The summed E-state index contributed by atoms with van der Waals surface area (Å²) in [5, 5.41) is 5.75. The molecule has 100 valence electrons. The van der Waals surface area contributed by atoms with Crippen molar-refractivity contribution < 1.29 is 9.21 Å². The van der Waals surface area contributed by atoms with Gasteiger partial charge in [-0.1, -0.05) is 0 Å². The molecule has 0 bridgehead atoms. The van der Waals surface area contributed by atoms with E-state index >= 15 is 0 Å². The number of carbonyl (C=O) groups excluding carboxylic acids is 1. The maximum Gasteiger partial charge on any atom is 0.287 e. The Labute approximate surface area is 122 Å². The molecular formula is C11H17IN4O2. The number of amides is 1. The number of carbonyl (C=O) groups is 1. The first-order chi connectivity index (χ1) is 8.25. The van der Waals surface area contributed by atoms with Gasteiger partial charge >= 0.3 is 0 Å². The van der Waals surface area contributed by atoms with E-state index in [1.165, 1.54) is 6.26 Å². The zero-order valence-electron chi connectivity index (χ0n) is 9.89. The van der Waals surface area contributed by atoms with Crippen molar-refractivity contribution in [3.63, 3.8) is 0 Å². The van der Waals surface area contributed by atoms with Gasteiger partial charge in [0.1, 0.15) is 0 Å². The molecule has 1 amide bonds. The van der Waals surface area contributed by atoms with Gasteiger partial charge in [-0.15, -0.1) is 24.0 Å². The molecule has 6 nitrogen and oxygen atoms in total. The fourth-order valence-electron chi connectivity index (χ4n) is 1.32. The number of guanidine groups is 1. The highest BCUT2D eigenvalue weighted by molar-refractivity contribution is 14.0. The summed E-state index contributed by atoms with van der Waals surface area (Å²) in [7, 11) is 0. The number of hydrogen-bond donors (Lipinski definition) is 3. The summed E-state index contributed by atoms with van der Waals surface area (Å²) < 4.78 is 4.95. The standard InChI is InChI=1S/C11H16N4O2.HI/c12-11(15-8-3-4-8)14-6-5-13-10(16)9-2-1-7-17-9;/h1-2,7-8H,3-6H2,(H,13,16)(H3,12,14,15);1H. The van der Waals surface area contributed by atoms with Gasteiger partial charge in [0.2, 0.25) is 0 Å². The van der Waals surface area contributed by atoms with E-state index in [0.717, 1.165) is 12.8 Å². The molecule has 4 N–H and O–H groups in total. The molecule has 1 aromatic rings. The maximum absolute atomic E-state index is 11.4. The van der Waals surface area contributed by atoms with Crippen LogP contribution in [0.2, 0.25) is 0 Å². The molecule has 0 saturated heterocycles. The van der Waals surface area contributed by atoms with Crippen LogP contribution in [-0.2, 0) is 0 Å². The molecule has 1 saturated carbocycles. The average Bonchev–Trinajstić information content (AvgIpc) is 2.96. The van der Waals surface area contributed by atoms with E-state index in [1.54, 1.807) is 12.1 Å². The van der Waals surface area contributed by atoms with Gasteiger partial charge < -0.3 is 20.8 Å². The van der Waals surface area contributed by atoms with Gasteiger partial charge in [0.15, 0.2) is 11.7 Å². The van der Waals surface area contributed by atoms with Crippen molar-refractivity contribution in [1.29, 1.82) is 0 Å². The van der Waals surface area contributed by atoms with Gasteiger partial charge in [0.05, 0.1) is 12.8 Å². The smallest absolute Gasteiger partial charge is 0.287 e. The van der Waals surface area contributed by atoms with Crippen molar-refractivity contribution in [2.24, 2.45) is 10.7 Å². The van der Waals surface area contributed by atoms with Crippen LogP contribution in [-0.4, -0.2) is 31.0 Å². The minimum atomic E-state index is -0.237. The Morgan fingerprint density at radius 1 is 1.56 bits per heavy atom. The lowest BCUT2D eigenvalue weighted by atomic mass is 10.4. The average molecular weight is 364 g/mol. The van der Waals surface area contributed by atoms with Crippen LogP contribution in [0, 0.1) is 0 Å². The van der Waals surface area contributed by atoms with E-state index in [2.05, 4.69) is 15.6 Å². The lowest BCUT2D eigenvalue weighted by Gasteiger charge is -2.03. The van der Waals surface area contributed by atoms with Crippen molar-refractivity contribution in [3.05, 3.63) is 24.2 Å². The summed E-state index contributed by atoms with van der Waals surface area (Å²) in [6.45, 7) is 0.893. The minimum Gasteiger partial charge on any atom is -0.459 e. The van der Waals surface area contributed by atoms with Gasteiger partial charge in [-0.3, -0.25) is 9.79 Å².